The number of carbonyl (C=O) groups is 1. The Morgan fingerprint density at radius 2 is 2.12 bits per heavy atom. The third-order valence-corrected chi connectivity index (χ3v) is 5.14. The molecule has 25 heavy (non-hydrogen) atoms. The summed E-state index contributed by atoms with van der Waals surface area (Å²) in [5.74, 6) is -0.0181. The van der Waals surface area contributed by atoms with Gasteiger partial charge in [0.2, 0.25) is 0 Å². The third kappa shape index (κ3) is 2.96. The van der Waals surface area contributed by atoms with Crippen molar-refractivity contribution < 1.29 is 9.53 Å². The number of amides is 1. The van der Waals surface area contributed by atoms with Gasteiger partial charge in [0.15, 0.2) is 5.69 Å². The van der Waals surface area contributed by atoms with E-state index in [4.69, 9.17) is 4.74 Å². The van der Waals surface area contributed by atoms with E-state index in [0.717, 1.165) is 29.8 Å². The molecule has 1 amide bonds. The van der Waals surface area contributed by atoms with Crippen molar-refractivity contribution in [2.24, 2.45) is 0 Å². The predicted octanol–water partition coefficient (Wildman–Crippen LogP) is 2.05. The lowest BCUT2D eigenvalue weighted by Gasteiger charge is -2.45. The molecule has 0 aliphatic carbocycles. The Balaban J connectivity index is 1.62. The molecule has 1 unspecified atom stereocenters. The zero-order chi connectivity index (χ0) is 17.4. The standard InChI is InChI=1S/C19H24N4O2/c1-19(2)12-25-16(13-6-4-3-5-7-13)11-23(19)18(24)17-14-10-20-9-8-15(14)21-22-17/h3-7,16,20H,8-12H2,1-2H3,(H,21,22). The van der Waals surface area contributed by atoms with E-state index in [-0.39, 0.29) is 17.6 Å². The van der Waals surface area contributed by atoms with Crippen LogP contribution in [0.25, 0.3) is 0 Å². The van der Waals surface area contributed by atoms with E-state index in [1.807, 2.05) is 49.1 Å². The topological polar surface area (TPSA) is 70.2 Å². The Kier molecular flexibility index (Phi) is 4.09. The van der Waals surface area contributed by atoms with Crippen LogP contribution in [0, 0.1) is 0 Å². The number of H-pyrrole nitrogens is 1. The van der Waals surface area contributed by atoms with Gasteiger partial charge < -0.3 is 15.0 Å². The van der Waals surface area contributed by atoms with E-state index in [1.54, 1.807) is 0 Å². The minimum atomic E-state index is -0.365. The molecule has 2 aliphatic rings. The Bertz CT molecular complexity index is 769. The Labute approximate surface area is 147 Å². The van der Waals surface area contributed by atoms with Gasteiger partial charge in [0.05, 0.1) is 18.7 Å². The summed E-state index contributed by atoms with van der Waals surface area (Å²) in [7, 11) is 0. The van der Waals surface area contributed by atoms with Crippen LogP contribution in [0.1, 0.15) is 47.3 Å². The lowest BCUT2D eigenvalue weighted by atomic mass is 9.96. The van der Waals surface area contributed by atoms with Crippen molar-refractivity contribution in [1.29, 1.82) is 0 Å². The molecule has 0 radical (unpaired) electrons. The van der Waals surface area contributed by atoms with Gasteiger partial charge >= 0.3 is 0 Å². The molecule has 1 aromatic heterocycles. The first-order valence-corrected chi connectivity index (χ1v) is 8.81. The van der Waals surface area contributed by atoms with Gasteiger partial charge in [-0.1, -0.05) is 30.3 Å². The molecule has 6 nitrogen and oxygen atoms in total. The largest absolute Gasteiger partial charge is 0.369 e. The highest BCUT2D eigenvalue weighted by molar-refractivity contribution is 5.94. The van der Waals surface area contributed by atoms with Gasteiger partial charge in [-0.3, -0.25) is 9.89 Å². The second-order valence-corrected chi connectivity index (χ2v) is 7.39. The van der Waals surface area contributed by atoms with Crippen LogP contribution in [-0.2, 0) is 17.7 Å². The van der Waals surface area contributed by atoms with Crippen LogP contribution in [0.4, 0.5) is 0 Å². The SMILES string of the molecule is CC1(C)COC(c2ccccc2)CN1C(=O)c1n[nH]c2c1CNCC2. The Morgan fingerprint density at radius 3 is 2.92 bits per heavy atom. The van der Waals surface area contributed by atoms with Crippen LogP contribution < -0.4 is 5.32 Å². The number of rotatable bonds is 2. The number of hydrogen-bond acceptors (Lipinski definition) is 4. The number of nitrogens with zero attached hydrogens (tertiary/aromatic N) is 2. The van der Waals surface area contributed by atoms with E-state index in [0.29, 0.717) is 25.4 Å². The summed E-state index contributed by atoms with van der Waals surface area (Å²) in [6.07, 6.45) is 0.778. The van der Waals surface area contributed by atoms with Crippen molar-refractivity contribution in [3.63, 3.8) is 0 Å². The van der Waals surface area contributed by atoms with Gasteiger partial charge in [0, 0.05) is 30.8 Å². The fourth-order valence-corrected chi connectivity index (χ4v) is 3.61. The molecule has 4 rings (SSSR count). The summed E-state index contributed by atoms with van der Waals surface area (Å²) >= 11 is 0. The molecule has 1 saturated heterocycles. The zero-order valence-electron chi connectivity index (χ0n) is 14.7. The number of aromatic nitrogens is 2. The maximum Gasteiger partial charge on any atom is 0.275 e. The highest BCUT2D eigenvalue weighted by atomic mass is 16.5. The second-order valence-electron chi connectivity index (χ2n) is 7.39. The molecular formula is C19H24N4O2. The molecule has 0 saturated carbocycles. The summed E-state index contributed by atoms with van der Waals surface area (Å²) in [5, 5.41) is 10.7. The number of nitrogens with one attached hydrogen (secondary N) is 2. The lowest BCUT2D eigenvalue weighted by molar-refractivity contribution is -0.0848. The van der Waals surface area contributed by atoms with Gasteiger partial charge in [0.1, 0.15) is 6.10 Å². The normalized spacial score (nSPS) is 22.5. The van der Waals surface area contributed by atoms with E-state index in [2.05, 4.69) is 15.5 Å². The van der Waals surface area contributed by atoms with Gasteiger partial charge in [-0.2, -0.15) is 5.10 Å². The van der Waals surface area contributed by atoms with Crippen molar-refractivity contribution in [3.8, 4) is 0 Å². The lowest BCUT2D eigenvalue weighted by Crippen LogP contribution is -2.56. The fraction of sp³-hybridized carbons (Fsp3) is 0.474. The minimum absolute atomic E-state index is 0.0181. The molecule has 6 heteroatoms. The van der Waals surface area contributed by atoms with Crippen LogP contribution in [0.5, 0.6) is 0 Å². The van der Waals surface area contributed by atoms with Crippen molar-refractivity contribution in [1.82, 2.24) is 20.4 Å². The highest BCUT2D eigenvalue weighted by Gasteiger charge is 2.40. The minimum Gasteiger partial charge on any atom is -0.369 e. The van der Waals surface area contributed by atoms with Crippen molar-refractivity contribution >= 4 is 5.91 Å². The van der Waals surface area contributed by atoms with E-state index in [9.17, 15) is 4.79 Å². The molecule has 2 aromatic rings. The summed E-state index contributed by atoms with van der Waals surface area (Å²) in [4.78, 5) is 15.2. The molecule has 0 bridgehead atoms. The Hall–Kier alpha value is -2.18. The first kappa shape index (κ1) is 16.3. The van der Waals surface area contributed by atoms with Crippen LogP contribution in [0.2, 0.25) is 0 Å². The molecule has 2 N–H and O–H groups in total. The maximum absolute atomic E-state index is 13.3. The van der Waals surface area contributed by atoms with Gasteiger partial charge in [-0.25, -0.2) is 0 Å². The number of hydrogen-bond donors (Lipinski definition) is 2. The summed E-state index contributed by atoms with van der Waals surface area (Å²) < 4.78 is 6.06. The third-order valence-electron chi connectivity index (χ3n) is 5.14. The molecule has 1 aromatic carbocycles. The zero-order valence-corrected chi connectivity index (χ0v) is 14.7. The number of carbonyl (C=O) groups excluding carboxylic acids is 1. The smallest absolute Gasteiger partial charge is 0.275 e. The van der Waals surface area contributed by atoms with Gasteiger partial charge in [-0.05, 0) is 19.4 Å². The number of benzene rings is 1. The summed E-state index contributed by atoms with van der Waals surface area (Å²) in [5.41, 5.74) is 3.36. The molecule has 1 fully saturated rings. The van der Waals surface area contributed by atoms with Crippen LogP contribution in [-0.4, -0.2) is 46.2 Å². The maximum atomic E-state index is 13.3. The molecule has 3 heterocycles. The summed E-state index contributed by atoms with van der Waals surface area (Å²) in [6, 6.07) is 10.1. The van der Waals surface area contributed by atoms with E-state index >= 15 is 0 Å². The van der Waals surface area contributed by atoms with E-state index < -0.39 is 0 Å². The average Bonchev–Trinajstić information content (AvgIpc) is 3.06. The van der Waals surface area contributed by atoms with Crippen molar-refractivity contribution in [2.45, 2.75) is 38.5 Å². The highest BCUT2D eigenvalue weighted by Crippen LogP contribution is 2.32. The molecule has 0 spiro atoms. The predicted molar refractivity (Wildman–Crippen MR) is 94.2 cm³/mol. The number of aromatic amines is 1. The van der Waals surface area contributed by atoms with Gasteiger partial charge in [-0.15, -0.1) is 0 Å². The quantitative estimate of drug-likeness (QED) is 0.878. The molecule has 1 atom stereocenters. The van der Waals surface area contributed by atoms with Crippen molar-refractivity contribution in [3.05, 3.63) is 52.8 Å². The monoisotopic (exact) mass is 340 g/mol. The second kappa shape index (κ2) is 6.28. The first-order valence-electron chi connectivity index (χ1n) is 8.81. The van der Waals surface area contributed by atoms with E-state index in [1.165, 1.54) is 0 Å². The molecule has 132 valence electrons. The van der Waals surface area contributed by atoms with Crippen molar-refractivity contribution in [2.75, 3.05) is 19.7 Å². The van der Waals surface area contributed by atoms with Crippen LogP contribution in [0.3, 0.4) is 0 Å². The fourth-order valence-electron chi connectivity index (χ4n) is 3.61. The molecule has 2 aliphatic heterocycles. The number of fused-ring (bicyclic) bond motifs is 1. The van der Waals surface area contributed by atoms with Gasteiger partial charge in [0.25, 0.3) is 5.91 Å². The van der Waals surface area contributed by atoms with Crippen LogP contribution >= 0.6 is 0 Å². The number of morpholine rings is 1. The average molecular weight is 340 g/mol. The first-order chi connectivity index (χ1) is 12.1. The number of ether oxygens (including phenoxy) is 1. The summed E-state index contributed by atoms with van der Waals surface area (Å²) in [6.45, 7) is 6.74. The van der Waals surface area contributed by atoms with Crippen LogP contribution in [0.15, 0.2) is 30.3 Å². The Morgan fingerprint density at radius 1 is 1.32 bits per heavy atom. The molecular weight excluding hydrogens is 316 g/mol.